The van der Waals surface area contributed by atoms with Gasteiger partial charge in [-0.25, -0.2) is 13.2 Å². The van der Waals surface area contributed by atoms with Crippen molar-refractivity contribution in [3.63, 3.8) is 0 Å². The van der Waals surface area contributed by atoms with Gasteiger partial charge in [0.05, 0.1) is 6.61 Å². The van der Waals surface area contributed by atoms with Crippen LogP contribution < -0.4 is 4.72 Å². The Hall–Kier alpha value is -2.54. The second-order valence-corrected chi connectivity index (χ2v) is 6.33. The van der Waals surface area contributed by atoms with Gasteiger partial charge in [-0.2, -0.15) is 0 Å². The van der Waals surface area contributed by atoms with E-state index in [0.29, 0.717) is 5.39 Å². The summed E-state index contributed by atoms with van der Waals surface area (Å²) in [4.78, 5) is 11.8. The van der Waals surface area contributed by atoms with Gasteiger partial charge in [-0.15, -0.1) is 0 Å². The van der Waals surface area contributed by atoms with Crippen molar-refractivity contribution in [3.8, 4) is 0 Å². The Labute approximate surface area is 127 Å². The lowest BCUT2D eigenvalue weighted by Crippen LogP contribution is -2.34. The second-order valence-electron chi connectivity index (χ2n) is 4.71. The summed E-state index contributed by atoms with van der Waals surface area (Å²) in [6.07, 6.45) is 0. The van der Waals surface area contributed by atoms with Gasteiger partial charge in [0.2, 0.25) is 0 Å². The van der Waals surface area contributed by atoms with Crippen LogP contribution in [0.4, 0.5) is 0 Å². The minimum atomic E-state index is -3.98. The Bertz CT molecular complexity index is 915. The van der Waals surface area contributed by atoms with Gasteiger partial charge >= 0.3 is 5.97 Å². The van der Waals surface area contributed by atoms with Crippen molar-refractivity contribution >= 4 is 32.5 Å². The molecule has 22 heavy (non-hydrogen) atoms. The van der Waals surface area contributed by atoms with E-state index in [2.05, 4.69) is 4.72 Å². The second kappa shape index (κ2) is 5.03. The topological polar surface area (TPSA) is 92.7 Å². The molecule has 0 radical (unpaired) electrons. The van der Waals surface area contributed by atoms with Crippen LogP contribution in [-0.4, -0.2) is 26.1 Å². The average Bonchev–Trinajstić information content (AvgIpc) is 2.50. The van der Waals surface area contributed by atoms with Gasteiger partial charge < -0.3 is 9.84 Å². The summed E-state index contributed by atoms with van der Waals surface area (Å²) in [5, 5.41) is 11.5. The van der Waals surface area contributed by atoms with Crippen LogP contribution in [0.25, 0.3) is 16.5 Å². The Kier molecular flexibility index (Phi) is 3.29. The SMILES string of the molecule is CCOC(=O)C1=C(O)c2ccc3ccccc3c2S(=O)(=O)N1. The van der Waals surface area contributed by atoms with Crippen LogP contribution in [0, 0.1) is 0 Å². The highest BCUT2D eigenvalue weighted by Crippen LogP contribution is 2.34. The number of benzene rings is 2. The van der Waals surface area contributed by atoms with E-state index >= 15 is 0 Å². The number of aliphatic hydroxyl groups excluding tert-OH is 1. The highest BCUT2D eigenvalue weighted by Gasteiger charge is 2.34. The van der Waals surface area contributed by atoms with Gasteiger partial charge in [0.25, 0.3) is 10.0 Å². The molecule has 0 aliphatic carbocycles. The molecule has 0 fully saturated rings. The van der Waals surface area contributed by atoms with E-state index in [1.807, 2.05) is 0 Å². The molecule has 1 aliphatic heterocycles. The molecule has 0 amide bonds. The minimum absolute atomic E-state index is 0.0452. The lowest BCUT2D eigenvalue weighted by atomic mass is 10.0. The normalized spacial score (nSPS) is 16.0. The Morgan fingerprint density at radius 2 is 1.95 bits per heavy atom. The maximum atomic E-state index is 12.5. The van der Waals surface area contributed by atoms with Gasteiger partial charge in [-0.3, -0.25) is 4.72 Å². The van der Waals surface area contributed by atoms with E-state index in [1.54, 1.807) is 37.3 Å². The molecule has 0 unspecified atom stereocenters. The molecule has 0 atom stereocenters. The Morgan fingerprint density at radius 1 is 1.23 bits per heavy atom. The molecule has 0 saturated heterocycles. The van der Waals surface area contributed by atoms with E-state index < -0.39 is 27.4 Å². The van der Waals surface area contributed by atoms with Crippen LogP contribution in [0.5, 0.6) is 0 Å². The average molecular weight is 319 g/mol. The van der Waals surface area contributed by atoms with E-state index in [9.17, 15) is 18.3 Å². The first-order valence-electron chi connectivity index (χ1n) is 6.61. The molecule has 0 saturated carbocycles. The molecular weight excluding hydrogens is 306 g/mol. The molecule has 0 aromatic heterocycles. The van der Waals surface area contributed by atoms with Crippen molar-refractivity contribution in [2.45, 2.75) is 11.8 Å². The van der Waals surface area contributed by atoms with Crippen LogP contribution in [0.15, 0.2) is 47.0 Å². The number of rotatable bonds is 2. The van der Waals surface area contributed by atoms with Crippen molar-refractivity contribution in [2.75, 3.05) is 6.61 Å². The first kappa shape index (κ1) is 14.4. The number of carbonyl (C=O) groups is 1. The number of hydrogen-bond donors (Lipinski definition) is 2. The van der Waals surface area contributed by atoms with Crippen LogP contribution in [0.2, 0.25) is 0 Å². The highest BCUT2D eigenvalue weighted by molar-refractivity contribution is 7.90. The number of carbonyl (C=O) groups excluding carboxylic acids is 1. The fourth-order valence-electron chi connectivity index (χ4n) is 2.43. The predicted molar refractivity (Wildman–Crippen MR) is 80.5 cm³/mol. The number of fused-ring (bicyclic) bond motifs is 3. The molecule has 114 valence electrons. The summed E-state index contributed by atoms with van der Waals surface area (Å²) in [6, 6.07) is 10.1. The van der Waals surface area contributed by atoms with E-state index in [0.717, 1.165) is 5.39 Å². The van der Waals surface area contributed by atoms with Crippen molar-refractivity contribution < 1.29 is 23.1 Å². The molecule has 0 bridgehead atoms. The minimum Gasteiger partial charge on any atom is -0.505 e. The molecule has 2 aromatic carbocycles. The van der Waals surface area contributed by atoms with Crippen molar-refractivity contribution in [1.29, 1.82) is 0 Å². The molecule has 7 heteroatoms. The summed E-state index contributed by atoms with van der Waals surface area (Å²) in [5.41, 5.74) is -0.384. The van der Waals surface area contributed by atoms with Gasteiger partial charge in [0.15, 0.2) is 11.5 Å². The van der Waals surface area contributed by atoms with Crippen LogP contribution >= 0.6 is 0 Å². The Balaban J connectivity index is 2.33. The summed E-state index contributed by atoms with van der Waals surface area (Å²) < 4.78 is 31.8. The number of nitrogens with one attached hydrogen (secondary N) is 1. The number of sulfonamides is 1. The fraction of sp³-hybridized carbons (Fsp3) is 0.133. The van der Waals surface area contributed by atoms with Crippen molar-refractivity contribution in [2.24, 2.45) is 0 Å². The third kappa shape index (κ3) is 2.10. The van der Waals surface area contributed by atoms with E-state index in [-0.39, 0.29) is 17.1 Å². The molecule has 1 heterocycles. The smallest absolute Gasteiger partial charge is 0.359 e. The third-order valence-corrected chi connectivity index (χ3v) is 4.81. The van der Waals surface area contributed by atoms with Crippen molar-refractivity contribution in [3.05, 3.63) is 47.7 Å². The largest absolute Gasteiger partial charge is 0.505 e. The molecular formula is C15H13NO5S. The highest BCUT2D eigenvalue weighted by atomic mass is 32.2. The molecule has 2 N–H and O–H groups in total. The van der Waals surface area contributed by atoms with E-state index in [4.69, 9.17) is 4.74 Å². The number of aliphatic hydroxyl groups is 1. The van der Waals surface area contributed by atoms with Gasteiger partial charge in [-0.05, 0) is 18.4 Å². The van der Waals surface area contributed by atoms with Gasteiger partial charge in [-0.1, -0.05) is 30.3 Å². The van der Waals surface area contributed by atoms with Crippen LogP contribution in [0.1, 0.15) is 12.5 Å². The summed E-state index contributed by atoms with van der Waals surface area (Å²) >= 11 is 0. The summed E-state index contributed by atoms with van der Waals surface area (Å²) in [7, 11) is -3.98. The number of esters is 1. The monoisotopic (exact) mass is 319 g/mol. The van der Waals surface area contributed by atoms with Crippen molar-refractivity contribution in [1.82, 2.24) is 4.72 Å². The molecule has 0 spiro atoms. The number of ether oxygens (including phenoxy) is 1. The fourth-order valence-corrected chi connectivity index (χ4v) is 3.91. The zero-order chi connectivity index (χ0) is 15.9. The Morgan fingerprint density at radius 3 is 2.68 bits per heavy atom. The standard InChI is InChI=1S/C15H13NO5S/c1-2-21-15(18)12-13(17)11-8-7-9-5-3-4-6-10(9)14(11)22(19,20)16-12/h3-8,16-17H,2H2,1H3. The molecule has 6 nitrogen and oxygen atoms in total. The predicted octanol–water partition coefficient (Wildman–Crippen LogP) is 1.92. The quantitative estimate of drug-likeness (QED) is 0.825. The molecule has 2 aromatic rings. The first-order valence-corrected chi connectivity index (χ1v) is 8.09. The summed E-state index contributed by atoms with van der Waals surface area (Å²) in [5.74, 6) is -1.35. The zero-order valence-corrected chi connectivity index (χ0v) is 12.5. The lowest BCUT2D eigenvalue weighted by Gasteiger charge is -2.21. The van der Waals surface area contributed by atoms with E-state index in [1.165, 1.54) is 6.07 Å². The molecule has 3 rings (SSSR count). The number of hydrogen-bond acceptors (Lipinski definition) is 5. The van der Waals surface area contributed by atoms with Gasteiger partial charge in [0.1, 0.15) is 4.90 Å². The maximum absolute atomic E-state index is 12.5. The maximum Gasteiger partial charge on any atom is 0.359 e. The molecule has 1 aliphatic rings. The lowest BCUT2D eigenvalue weighted by molar-refractivity contribution is -0.138. The van der Waals surface area contributed by atoms with Gasteiger partial charge in [0, 0.05) is 10.9 Å². The van der Waals surface area contributed by atoms with Crippen LogP contribution in [0.3, 0.4) is 0 Å². The summed E-state index contributed by atoms with van der Waals surface area (Å²) in [6.45, 7) is 1.66. The zero-order valence-electron chi connectivity index (χ0n) is 11.7. The van der Waals surface area contributed by atoms with Crippen LogP contribution in [-0.2, 0) is 19.6 Å². The first-order chi connectivity index (χ1) is 10.5. The third-order valence-electron chi connectivity index (χ3n) is 3.36.